The van der Waals surface area contributed by atoms with Crippen molar-refractivity contribution in [3.63, 3.8) is 0 Å². The predicted octanol–water partition coefficient (Wildman–Crippen LogP) is 6.07. The lowest BCUT2D eigenvalue weighted by atomic mass is 9.95. The van der Waals surface area contributed by atoms with Gasteiger partial charge in [0.1, 0.15) is 0 Å². The number of benzene rings is 1. The molecule has 0 saturated carbocycles. The maximum absolute atomic E-state index is 14.7. The van der Waals surface area contributed by atoms with Crippen LogP contribution in [0.15, 0.2) is 24.4 Å². The van der Waals surface area contributed by atoms with Crippen LogP contribution in [0.2, 0.25) is 0 Å². The molecule has 0 spiro atoms. The molecule has 3 nitrogen and oxygen atoms in total. The zero-order chi connectivity index (χ0) is 18.9. The zero-order valence-electron chi connectivity index (χ0n) is 16.2. The van der Waals surface area contributed by atoms with E-state index in [2.05, 4.69) is 31.0 Å². The lowest BCUT2D eigenvalue weighted by Crippen LogP contribution is -2.07. The molecule has 0 aliphatic rings. The first kappa shape index (κ1) is 20.2. The number of nitrogens with one attached hydrogen (secondary N) is 1. The Morgan fingerprint density at radius 3 is 2.54 bits per heavy atom. The van der Waals surface area contributed by atoms with E-state index in [0.29, 0.717) is 5.56 Å². The number of halogens is 1. The normalized spacial score (nSPS) is 10.9. The molecule has 2 aromatic rings. The molecule has 142 valence electrons. The van der Waals surface area contributed by atoms with Crippen LogP contribution in [-0.4, -0.2) is 17.6 Å². The summed E-state index contributed by atoms with van der Waals surface area (Å²) >= 11 is 0. The Morgan fingerprint density at radius 2 is 1.85 bits per heavy atom. The number of ether oxygens (including phenoxy) is 1. The molecule has 0 bridgehead atoms. The average Bonchev–Trinajstić information content (AvgIpc) is 3.03. The van der Waals surface area contributed by atoms with Crippen LogP contribution >= 0.6 is 0 Å². The first-order valence-electron chi connectivity index (χ1n) is 9.78. The van der Waals surface area contributed by atoms with Gasteiger partial charge in [-0.3, -0.25) is 0 Å². The van der Waals surface area contributed by atoms with E-state index < -0.39 is 11.8 Å². The van der Waals surface area contributed by atoms with Crippen molar-refractivity contribution in [1.29, 1.82) is 0 Å². The highest BCUT2D eigenvalue weighted by molar-refractivity contribution is 5.90. The molecule has 0 aliphatic heterocycles. The van der Waals surface area contributed by atoms with E-state index in [1.165, 1.54) is 37.7 Å². The van der Waals surface area contributed by atoms with Crippen molar-refractivity contribution < 1.29 is 13.9 Å². The van der Waals surface area contributed by atoms with Crippen LogP contribution in [0, 0.1) is 5.82 Å². The van der Waals surface area contributed by atoms with Crippen molar-refractivity contribution in [3.05, 3.63) is 47.0 Å². The third-order valence-electron chi connectivity index (χ3n) is 4.71. The largest absolute Gasteiger partial charge is 0.461 e. The number of unbranched alkanes of at least 4 members (excludes halogenated alkanes) is 4. The summed E-state index contributed by atoms with van der Waals surface area (Å²) in [4.78, 5) is 14.5. The van der Waals surface area contributed by atoms with E-state index in [1.807, 2.05) is 6.07 Å². The smallest absolute Gasteiger partial charge is 0.357 e. The molecule has 2 rings (SSSR count). The second-order valence-corrected chi connectivity index (χ2v) is 6.62. The van der Waals surface area contributed by atoms with E-state index in [4.69, 9.17) is 4.74 Å². The fourth-order valence-corrected chi connectivity index (χ4v) is 3.24. The van der Waals surface area contributed by atoms with Crippen molar-refractivity contribution in [2.24, 2.45) is 0 Å². The fourth-order valence-electron chi connectivity index (χ4n) is 3.24. The second kappa shape index (κ2) is 10.1. The number of hydrogen-bond donors (Lipinski definition) is 1. The van der Waals surface area contributed by atoms with Gasteiger partial charge in [-0.25, -0.2) is 9.18 Å². The molecule has 1 N–H and O–H groups in total. The summed E-state index contributed by atoms with van der Waals surface area (Å²) in [5.41, 5.74) is 3.56. The molecule has 1 aromatic heterocycles. The molecule has 0 unspecified atom stereocenters. The minimum Gasteiger partial charge on any atom is -0.461 e. The molecular formula is C22H30FNO2. The summed E-state index contributed by atoms with van der Waals surface area (Å²) in [5, 5.41) is 0. The first-order chi connectivity index (χ1) is 12.6. The van der Waals surface area contributed by atoms with Gasteiger partial charge in [0.15, 0.2) is 11.5 Å². The minimum absolute atomic E-state index is 0.107. The Bertz CT molecular complexity index is 721. The van der Waals surface area contributed by atoms with Crippen LogP contribution in [0.3, 0.4) is 0 Å². The van der Waals surface area contributed by atoms with Crippen LogP contribution in [0.1, 0.15) is 74.5 Å². The Kier molecular flexibility index (Phi) is 7.89. The van der Waals surface area contributed by atoms with E-state index in [9.17, 15) is 9.18 Å². The number of hydrogen-bond acceptors (Lipinski definition) is 2. The molecule has 0 saturated heterocycles. The maximum atomic E-state index is 14.7. The van der Waals surface area contributed by atoms with Crippen LogP contribution in [0.5, 0.6) is 0 Å². The fraction of sp³-hybridized carbons (Fsp3) is 0.500. The van der Waals surface area contributed by atoms with E-state index >= 15 is 0 Å². The summed E-state index contributed by atoms with van der Waals surface area (Å²) in [5.74, 6) is -1.19. The molecular weight excluding hydrogens is 329 g/mol. The Labute approximate surface area is 156 Å². The number of carbonyl (C=O) groups is 1. The molecule has 0 atom stereocenters. The van der Waals surface area contributed by atoms with E-state index in [-0.39, 0.29) is 12.3 Å². The molecule has 4 heteroatoms. The van der Waals surface area contributed by atoms with Crippen LogP contribution < -0.4 is 0 Å². The molecule has 0 amide bonds. The highest BCUT2D eigenvalue weighted by Gasteiger charge is 2.21. The number of aromatic amines is 1. The number of aryl methyl sites for hydroxylation is 2. The van der Waals surface area contributed by atoms with Gasteiger partial charge in [0.05, 0.1) is 6.61 Å². The first-order valence-corrected chi connectivity index (χ1v) is 9.78. The molecule has 1 heterocycles. The van der Waals surface area contributed by atoms with Gasteiger partial charge in [0.2, 0.25) is 0 Å². The lowest BCUT2D eigenvalue weighted by molar-refractivity contribution is 0.0515. The summed E-state index contributed by atoms with van der Waals surface area (Å²) in [6.45, 7) is 6.22. The average molecular weight is 359 g/mol. The quantitative estimate of drug-likeness (QED) is 0.413. The monoisotopic (exact) mass is 359 g/mol. The number of carbonyl (C=O) groups excluding carboxylic acids is 1. The van der Waals surface area contributed by atoms with Crippen LogP contribution in [0.25, 0.3) is 11.1 Å². The predicted molar refractivity (Wildman–Crippen MR) is 104 cm³/mol. The molecule has 0 radical (unpaired) electrons. The zero-order valence-corrected chi connectivity index (χ0v) is 16.2. The summed E-state index contributed by atoms with van der Waals surface area (Å²) < 4.78 is 19.6. The van der Waals surface area contributed by atoms with Gasteiger partial charge in [0, 0.05) is 11.8 Å². The Balaban J connectivity index is 2.16. The molecule has 1 aromatic carbocycles. The number of aromatic nitrogens is 1. The lowest BCUT2D eigenvalue weighted by Gasteiger charge is -2.10. The minimum atomic E-state index is -0.655. The third-order valence-corrected chi connectivity index (χ3v) is 4.71. The Morgan fingerprint density at radius 1 is 1.08 bits per heavy atom. The standard InChI is InChI=1S/C22H30FNO2/c1-4-7-8-9-10-11-16-12-13-18(17(5-2)14-16)19-15-24-21(20(19)23)22(25)26-6-3/h12-15,24H,4-11H2,1-3H3. The second-order valence-electron chi connectivity index (χ2n) is 6.62. The van der Waals surface area contributed by atoms with Crippen molar-refractivity contribution in [1.82, 2.24) is 4.98 Å². The number of esters is 1. The van der Waals surface area contributed by atoms with Crippen molar-refractivity contribution in [2.45, 2.75) is 65.7 Å². The van der Waals surface area contributed by atoms with Gasteiger partial charge in [-0.1, -0.05) is 57.7 Å². The van der Waals surface area contributed by atoms with E-state index in [0.717, 1.165) is 24.0 Å². The van der Waals surface area contributed by atoms with Crippen molar-refractivity contribution in [2.75, 3.05) is 6.61 Å². The molecule has 26 heavy (non-hydrogen) atoms. The van der Waals surface area contributed by atoms with E-state index in [1.54, 1.807) is 13.1 Å². The summed E-state index contributed by atoms with van der Waals surface area (Å²) in [7, 11) is 0. The Hall–Kier alpha value is -2.10. The maximum Gasteiger partial charge on any atom is 0.357 e. The topological polar surface area (TPSA) is 42.1 Å². The van der Waals surface area contributed by atoms with Gasteiger partial charge in [0.25, 0.3) is 0 Å². The SMILES string of the molecule is CCCCCCCc1ccc(-c2c[nH]c(C(=O)OCC)c2F)c(CC)c1. The van der Waals surface area contributed by atoms with Crippen LogP contribution in [0.4, 0.5) is 4.39 Å². The summed E-state index contributed by atoms with van der Waals surface area (Å²) in [6, 6.07) is 6.22. The van der Waals surface area contributed by atoms with Gasteiger partial charge in [-0.2, -0.15) is 0 Å². The molecule has 0 aliphatic carbocycles. The highest BCUT2D eigenvalue weighted by Crippen LogP contribution is 2.30. The van der Waals surface area contributed by atoms with Crippen molar-refractivity contribution in [3.8, 4) is 11.1 Å². The van der Waals surface area contributed by atoms with Crippen molar-refractivity contribution >= 4 is 5.97 Å². The van der Waals surface area contributed by atoms with Crippen LogP contribution in [-0.2, 0) is 17.6 Å². The highest BCUT2D eigenvalue weighted by atomic mass is 19.1. The number of rotatable bonds is 10. The van der Waals surface area contributed by atoms with Gasteiger partial charge in [-0.15, -0.1) is 0 Å². The van der Waals surface area contributed by atoms with Gasteiger partial charge in [-0.05, 0) is 42.9 Å². The van der Waals surface area contributed by atoms with Gasteiger partial charge < -0.3 is 9.72 Å². The van der Waals surface area contributed by atoms with Gasteiger partial charge >= 0.3 is 5.97 Å². The third kappa shape index (κ3) is 4.96. The summed E-state index contributed by atoms with van der Waals surface area (Å²) in [6.07, 6.45) is 9.72. The molecule has 0 fully saturated rings. The number of H-pyrrole nitrogens is 1.